The van der Waals surface area contributed by atoms with Gasteiger partial charge in [-0.2, -0.15) is 0 Å². The van der Waals surface area contributed by atoms with Gasteiger partial charge in [-0.1, -0.05) is 35.0 Å². The van der Waals surface area contributed by atoms with Gasteiger partial charge in [0.15, 0.2) is 0 Å². The third-order valence-corrected chi connectivity index (χ3v) is 9.15. The van der Waals surface area contributed by atoms with E-state index in [0.29, 0.717) is 23.7 Å². The Morgan fingerprint density at radius 2 is 1.87 bits per heavy atom. The van der Waals surface area contributed by atoms with Crippen molar-refractivity contribution in [2.24, 2.45) is 34.5 Å². The second-order valence-electron chi connectivity index (χ2n) is 8.82. The van der Waals surface area contributed by atoms with Crippen molar-refractivity contribution in [3.8, 4) is 0 Å². The first-order valence-electron chi connectivity index (χ1n) is 9.22. The number of aliphatic hydroxyl groups excluding tert-OH is 3. The summed E-state index contributed by atoms with van der Waals surface area (Å²) in [6.07, 6.45) is 8.98. The number of allylic oxidation sites excluding steroid dienone is 1. The molecule has 0 spiro atoms. The lowest BCUT2D eigenvalue weighted by Gasteiger charge is -2.60. The van der Waals surface area contributed by atoms with Crippen LogP contribution in [-0.4, -0.2) is 39.0 Å². The van der Waals surface area contributed by atoms with Gasteiger partial charge < -0.3 is 15.3 Å². The molecule has 4 rings (SSSR count). The highest BCUT2D eigenvalue weighted by Crippen LogP contribution is 2.65. The summed E-state index contributed by atoms with van der Waals surface area (Å²) in [5.74, 6) is 1.56. The Hall–Kier alpha value is 0.100. The number of halogens is 1. The Kier molecular flexibility index (Phi) is 4.00. The molecule has 0 heterocycles. The molecule has 130 valence electrons. The largest absolute Gasteiger partial charge is 0.393 e. The minimum Gasteiger partial charge on any atom is -0.393 e. The minimum atomic E-state index is -0.352. The molecule has 4 aliphatic carbocycles. The highest BCUT2D eigenvalue weighted by atomic mass is 79.9. The zero-order valence-electron chi connectivity index (χ0n) is 13.9. The fourth-order valence-corrected chi connectivity index (χ4v) is 7.87. The Bertz CT molecular complexity index is 509. The molecule has 3 N–H and O–H groups in total. The van der Waals surface area contributed by atoms with E-state index >= 15 is 0 Å². The monoisotopic (exact) mass is 384 g/mol. The molecule has 0 bridgehead atoms. The van der Waals surface area contributed by atoms with Gasteiger partial charge in [-0.05, 0) is 67.6 Å². The first-order valence-corrected chi connectivity index (χ1v) is 10.3. The molecule has 0 aromatic rings. The average molecular weight is 385 g/mol. The van der Waals surface area contributed by atoms with E-state index in [1.54, 1.807) is 0 Å². The summed E-state index contributed by atoms with van der Waals surface area (Å²) in [7, 11) is 0. The quantitative estimate of drug-likeness (QED) is 0.481. The summed E-state index contributed by atoms with van der Waals surface area (Å²) >= 11 is 3.69. The van der Waals surface area contributed by atoms with E-state index in [0.717, 1.165) is 43.9 Å². The normalized spacial score (nSPS) is 58.4. The third kappa shape index (κ3) is 2.17. The van der Waals surface area contributed by atoms with Gasteiger partial charge in [0, 0.05) is 10.7 Å². The number of alkyl halides is 1. The van der Waals surface area contributed by atoms with Crippen molar-refractivity contribution >= 4 is 15.9 Å². The van der Waals surface area contributed by atoms with E-state index in [4.69, 9.17) is 0 Å². The van der Waals surface area contributed by atoms with Crippen LogP contribution in [-0.2, 0) is 0 Å². The first kappa shape index (κ1) is 16.6. The van der Waals surface area contributed by atoms with Crippen LogP contribution in [0.15, 0.2) is 12.2 Å². The SMILES string of the molecule is C[C@]12C=C[C@H](O)CC1C[C@@H](O)[C@H]1[C@@H]3CC[C@H](O)[C@@]3(CBr)CC[C@@H]12. The van der Waals surface area contributed by atoms with Crippen LogP contribution in [0.3, 0.4) is 0 Å². The third-order valence-electron chi connectivity index (χ3n) is 8.10. The van der Waals surface area contributed by atoms with E-state index in [-0.39, 0.29) is 29.1 Å². The topological polar surface area (TPSA) is 60.7 Å². The summed E-state index contributed by atoms with van der Waals surface area (Å²) < 4.78 is 0. The molecule has 0 saturated heterocycles. The summed E-state index contributed by atoms with van der Waals surface area (Å²) in [5.41, 5.74) is 0.0539. The smallest absolute Gasteiger partial charge is 0.0724 e. The van der Waals surface area contributed by atoms with Crippen LogP contribution >= 0.6 is 15.9 Å². The first-order chi connectivity index (χ1) is 10.9. The molecule has 23 heavy (non-hydrogen) atoms. The van der Waals surface area contributed by atoms with Crippen LogP contribution in [0.4, 0.5) is 0 Å². The van der Waals surface area contributed by atoms with Gasteiger partial charge >= 0.3 is 0 Å². The van der Waals surface area contributed by atoms with Gasteiger partial charge in [-0.3, -0.25) is 0 Å². The maximum absolute atomic E-state index is 11.0. The predicted octanol–water partition coefficient (Wildman–Crippen LogP) is 2.87. The van der Waals surface area contributed by atoms with Gasteiger partial charge in [-0.25, -0.2) is 0 Å². The van der Waals surface area contributed by atoms with Gasteiger partial charge in [0.1, 0.15) is 0 Å². The van der Waals surface area contributed by atoms with Crippen molar-refractivity contribution in [2.75, 3.05) is 5.33 Å². The molecule has 1 unspecified atom stereocenters. The molecule has 0 radical (unpaired) electrons. The highest BCUT2D eigenvalue weighted by Gasteiger charge is 2.62. The Balaban J connectivity index is 1.72. The van der Waals surface area contributed by atoms with E-state index in [9.17, 15) is 15.3 Å². The maximum Gasteiger partial charge on any atom is 0.0724 e. The molecule has 3 saturated carbocycles. The van der Waals surface area contributed by atoms with E-state index in [2.05, 4.69) is 28.9 Å². The second-order valence-corrected chi connectivity index (χ2v) is 9.38. The maximum atomic E-state index is 11.0. The van der Waals surface area contributed by atoms with Gasteiger partial charge in [0.2, 0.25) is 0 Å². The van der Waals surface area contributed by atoms with Crippen LogP contribution in [0, 0.1) is 34.5 Å². The molecule has 0 amide bonds. The molecule has 3 nitrogen and oxygen atoms in total. The standard InChI is InChI=1S/C19H29BrO3/c1-18-6-4-12(21)8-11(18)9-15(22)17-13(18)5-7-19(10-20)14(17)2-3-16(19)23/h4,6,11-17,21-23H,2-3,5,7-10H2,1H3/t11?,12-,13-,14-,15+,16-,17+,18-,19+/m0/s1. The van der Waals surface area contributed by atoms with Crippen LogP contribution in [0.5, 0.6) is 0 Å². The number of fused-ring (bicyclic) bond motifs is 5. The molecule has 0 aromatic carbocycles. The number of rotatable bonds is 1. The molecule has 0 aromatic heterocycles. The molecule has 4 heteroatoms. The number of hydrogen-bond donors (Lipinski definition) is 3. The Labute approximate surface area is 147 Å². The molecular formula is C19H29BrO3. The van der Waals surface area contributed by atoms with Crippen LogP contribution < -0.4 is 0 Å². The number of hydrogen-bond acceptors (Lipinski definition) is 3. The zero-order chi connectivity index (χ0) is 16.4. The molecule has 3 fully saturated rings. The van der Waals surface area contributed by atoms with Crippen LogP contribution in [0.25, 0.3) is 0 Å². The highest BCUT2D eigenvalue weighted by molar-refractivity contribution is 9.09. The van der Waals surface area contributed by atoms with E-state index in [1.165, 1.54) is 0 Å². The number of aliphatic hydroxyl groups is 3. The zero-order valence-corrected chi connectivity index (χ0v) is 15.5. The van der Waals surface area contributed by atoms with Gasteiger partial charge in [-0.15, -0.1) is 0 Å². The van der Waals surface area contributed by atoms with Crippen LogP contribution in [0.1, 0.15) is 45.4 Å². The lowest BCUT2D eigenvalue weighted by atomic mass is 9.45. The molecule has 4 aliphatic rings. The lowest BCUT2D eigenvalue weighted by molar-refractivity contribution is -0.148. The van der Waals surface area contributed by atoms with Crippen molar-refractivity contribution in [1.82, 2.24) is 0 Å². The van der Waals surface area contributed by atoms with Gasteiger partial charge in [0.25, 0.3) is 0 Å². The summed E-state index contributed by atoms with van der Waals surface area (Å²) in [4.78, 5) is 0. The second kappa shape index (κ2) is 5.55. The average Bonchev–Trinajstić information content (AvgIpc) is 2.87. The van der Waals surface area contributed by atoms with Gasteiger partial charge in [0.05, 0.1) is 18.3 Å². The van der Waals surface area contributed by atoms with E-state index in [1.807, 2.05) is 6.08 Å². The Morgan fingerprint density at radius 1 is 1.09 bits per heavy atom. The lowest BCUT2D eigenvalue weighted by Crippen LogP contribution is -2.58. The summed E-state index contributed by atoms with van der Waals surface area (Å²) in [5, 5.41) is 32.5. The van der Waals surface area contributed by atoms with Crippen molar-refractivity contribution in [3.63, 3.8) is 0 Å². The predicted molar refractivity (Wildman–Crippen MR) is 93.2 cm³/mol. The van der Waals surface area contributed by atoms with Crippen molar-refractivity contribution in [3.05, 3.63) is 12.2 Å². The summed E-state index contributed by atoms with van der Waals surface area (Å²) in [6.45, 7) is 2.34. The van der Waals surface area contributed by atoms with Crippen LogP contribution in [0.2, 0.25) is 0 Å². The molecule has 9 atom stereocenters. The molecule has 0 aliphatic heterocycles. The molecular weight excluding hydrogens is 356 g/mol. The van der Waals surface area contributed by atoms with Crippen molar-refractivity contribution < 1.29 is 15.3 Å². The van der Waals surface area contributed by atoms with Crippen molar-refractivity contribution in [2.45, 2.75) is 63.8 Å². The van der Waals surface area contributed by atoms with E-state index < -0.39 is 0 Å². The fraction of sp³-hybridized carbons (Fsp3) is 0.895. The minimum absolute atomic E-state index is 0.0385. The fourth-order valence-electron chi connectivity index (χ4n) is 6.80. The Morgan fingerprint density at radius 3 is 2.61 bits per heavy atom. The summed E-state index contributed by atoms with van der Waals surface area (Å²) in [6, 6.07) is 0. The van der Waals surface area contributed by atoms with Crippen molar-refractivity contribution in [1.29, 1.82) is 0 Å².